The number of hydrogen-bond donors (Lipinski definition) is 1. The zero-order valence-electron chi connectivity index (χ0n) is 9.77. The highest BCUT2D eigenvalue weighted by atomic mass is 79.9. The molecule has 2 N–H and O–H groups in total. The molecular formula is C10H14Br2N2O2S2. The molecule has 0 radical (unpaired) electrons. The molecule has 0 aliphatic carbocycles. The maximum atomic E-state index is 12.5. The molecule has 2 atom stereocenters. The van der Waals surface area contributed by atoms with Crippen LogP contribution in [0.5, 0.6) is 0 Å². The summed E-state index contributed by atoms with van der Waals surface area (Å²) in [5, 5.41) is 0. The summed E-state index contributed by atoms with van der Waals surface area (Å²) in [5.74, 6) is 0.370. The first-order valence-corrected chi connectivity index (χ1v) is 9.37. The molecule has 0 bridgehead atoms. The smallest absolute Gasteiger partial charge is 0.245 e. The molecule has 2 unspecified atom stereocenters. The Morgan fingerprint density at radius 2 is 2.17 bits per heavy atom. The van der Waals surface area contributed by atoms with Gasteiger partial charge in [0, 0.05) is 19.1 Å². The molecule has 2 heterocycles. The molecule has 1 aromatic heterocycles. The van der Waals surface area contributed by atoms with E-state index in [1.165, 1.54) is 15.6 Å². The van der Waals surface area contributed by atoms with Gasteiger partial charge in [0.25, 0.3) is 0 Å². The zero-order valence-corrected chi connectivity index (χ0v) is 14.6. The van der Waals surface area contributed by atoms with Crippen LogP contribution in [0.25, 0.3) is 0 Å². The Balaban J connectivity index is 2.29. The highest BCUT2D eigenvalue weighted by Crippen LogP contribution is 2.37. The second kappa shape index (κ2) is 5.49. The van der Waals surface area contributed by atoms with Gasteiger partial charge in [-0.2, -0.15) is 4.31 Å². The Morgan fingerprint density at radius 3 is 2.67 bits per heavy atom. The second-order valence-corrected chi connectivity index (χ2v) is 10.1. The van der Waals surface area contributed by atoms with Gasteiger partial charge in [-0.3, -0.25) is 0 Å². The molecule has 102 valence electrons. The summed E-state index contributed by atoms with van der Waals surface area (Å²) in [7, 11) is -3.44. The van der Waals surface area contributed by atoms with Crippen LogP contribution >= 0.6 is 43.2 Å². The fourth-order valence-corrected chi connectivity index (χ4v) is 7.18. The monoisotopic (exact) mass is 416 g/mol. The van der Waals surface area contributed by atoms with E-state index < -0.39 is 10.0 Å². The Hall–Kier alpha value is 0.530. The van der Waals surface area contributed by atoms with Crippen LogP contribution in [0, 0.1) is 5.92 Å². The number of rotatable bonds is 2. The van der Waals surface area contributed by atoms with Gasteiger partial charge in [-0.05, 0) is 50.3 Å². The van der Waals surface area contributed by atoms with Crippen LogP contribution in [0.15, 0.2) is 18.5 Å². The van der Waals surface area contributed by atoms with Crippen molar-refractivity contribution < 1.29 is 8.42 Å². The molecule has 0 amide bonds. The van der Waals surface area contributed by atoms with E-state index in [4.69, 9.17) is 5.73 Å². The first kappa shape index (κ1) is 14.9. The standard InChI is InChI=1S/C10H14Br2N2O2S2/c1-6-2-3-14(5-7(6)13)18(15,16)8-4-9(11)17-10(8)12/h4,6-7H,2-3,5,13H2,1H3. The number of nitrogens with two attached hydrogens (primary N) is 1. The lowest BCUT2D eigenvalue weighted by Gasteiger charge is -2.34. The van der Waals surface area contributed by atoms with Crippen LogP contribution in [0.2, 0.25) is 0 Å². The van der Waals surface area contributed by atoms with Crippen molar-refractivity contribution in [3.63, 3.8) is 0 Å². The topological polar surface area (TPSA) is 63.4 Å². The van der Waals surface area contributed by atoms with Crippen molar-refractivity contribution in [3.8, 4) is 0 Å². The minimum atomic E-state index is -3.44. The van der Waals surface area contributed by atoms with E-state index in [0.29, 0.717) is 27.7 Å². The first-order chi connectivity index (χ1) is 8.32. The van der Waals surface area contributed by atoms with Gasteiger partial charge in [-0.1, -0.05) is 6.92 Å². The maximum absolute atomic E-state index is 12.5. The van der Waals surface area contributed by atoms with Crippen molar-refractivity contribution in [1.29, 1.82) is 0 Å². The molecule has 0 saturated carbocycles. The van der Waals surface area contributed by atoms with E-state index in [9.17, 15) is 8.42 Å². The summed E-state index contributed by atoms with van der Waals surface area (Å²) in [6, 6.07) is 1.54. The SMILES string of the molecule is CC1CCN(S(=O)(=O)c2cc(Br)sc2Br)CC1N. The predicted molar refractivity (Wildman–Crippen MR) is 80.2 cm³/mol. The molecular weight excluding hydrogens is 404 g/mol. The van der Waals surface area contributed by atoms with Crippen LogP contribution in [0.3, 0.4) is 0 Å². The van der Waals surface area contributed by atoms with Crippen molar-refractivity contribution in [1.82, 2.24) is 4.31 Å². The molecule has 1 saturated heterocycles. The maximum Gasteiger partial charge on any atom is 0.245 e. The van der Waals surface area contributed by atoms with Gasteiger partial charge in [0.1, 0.15) is 4.90 Å². The van der Waals surface area contributed by atoms with E-state index in [1.54, 1.807) is 6.07 Å². The molecule has 4 nitrogen and oxygen atoms in total. The van der Waals surface area contributed by atoms with Crippen LogP contribution in [0.1, 0.15) is 13.3 Å². The number of thiophene rings is 1. The van der Waals surface area contributed by atoms with Crippen LogP contribution in [-0.4, -0.2) is 31.9 Å². The fraction of sp³-hybridized carbons (Fsp3) is 0.600. The minimum Gasteiger partial charge on any atom is -0.326 e. The Morgan fingerprint density at radius 1 is 1.50 bits per heavy atom. The largest absolute Gasteiger partial charge is 0.326 e. The summed E-state index contributed by atoms with van der Waals surface area (Å²) >= 11 is 7.96. The van der Waals surface area contributed by atoms with E-state index in [1.807, 2.05) is 0 Å². The summed E-state index contributed by atoms with van der Waals surface area (Å²) < 4.78 is 27.9. The third kappa shape index (κ3) is 2.83. The van der Waals surface area contributed by atoms with Gasteiger partial charge in [-0.15, -0.1) is 11.3 Å². The first-order valence-electron chi connectivity index (χ1n) is 5.53. The normalized spacial score (nSPS) is 26.4. The highest BCUT2D eigenvalue weighted by molar-refractivity contribution is 9.12. The Kier molecular flexibility index (Phi) is 4.56. The van der Waals surface area contributed by atoms with Gasteiger partial charge < -0.3 is 5.73 Å². The molecule has 0 spiro atoms. The van der Waals surface area contributed by atoms with Gasteiger partial charge in [0.2, 0.25) is 10.0 Å². The van der Waals surface area contributed by atoms with Crippen molar-refractivity contribution in [2.75, 3.05) is 13.1 Å². The lowest BCUT2D eigenvalue weighted by Crippen LogP contribution is -2.49. The summed E-state index contributed by atoms with van der Waals surface area (Å²) in [5.41, 5.74) is 5.96. The number of hydrogen-bond acceptors (Lipinski definition) is 4. The third-order valence-corrected chi connectivity index (χ3v) is 7.84. The minimum absolute atomic E-state index is 0.0885. The molecule has 1 fully saturated rings. The average molecular weight is 418 g/mol. The Labute approximate surface area is 128 Å². The third-order valence-electron chi connectivity index (χ3n) is 3.22. The molecule has 1 aliphatic heterocycles. The fourth-order valence-electron chi connectivity index (χ4n) is 1.93. The average Bonchev–Trinajstić information content (AvgIpc) is 2.62. The second-order valence-electron chi connectivity index (χ2n) is 4.48. The van der Waals surface area contributed by atoms with Crippen molar-refractivity contribution >= 4 is 53.2 Å². The molecule has 1 aromatic rings. The van der Waals surface area contributed by atoms with Crippen LogP contribution < -0.4 is 5.73 Å². The quantitative estimate of drug-likeness (QED) is 0.804. The lowest BCUT2D eigenvalue weighted by atomic mass is 9.96. The molecule has 1 aliphatic rings. The number of halogens is 2. The summed E-state index contributed by atoms with van der Waals surface area (Å²) in [6.07, 6.45) is 0.809. The van der Waals surface area contributed by atoms with E-state index in [2.05, 4.69) is 38.8 Å². The molecule has 0 aromatic carbocycles. The van der Waals surface area contributed by atoms with Crippen LogP contribution in [-0.2, 0) is 10.0 Å². The zero-order chi connectivity index (χ0) is 13.5. The summed E-state index contributed by atoms with van der Waals surface area (Å²) in [6.45, 7) is 2.99. The molecule has 2 rings (SSSR count). The van der Waals surface area contributed by atoms with Gasteiger partial charge in [0.05, 0.1) is 7.57 Å². The predicted octanol–water partition coefficient (Wildman–Crippen LogP) is 2.63. The van der Waals surface area contributed by atoms with E-state index in [-0.39, 0.29) is 6.04 Å². The number of piperidine rings is 1. The number of nitrogens with zero attached hydrogens (tertiary/aromatic N) is 1. The van der Waals surface area contributed by atoms with E-state index >= 15 is 0 Å². The highest BCUT2D eigenvalue weighted by Gasteiger charge is 2.33. The van der Waals surface area contributed by atoms with Crippen molar-refractivity contribution in [2.24, 2.45) is 11.7 Å². The lowest BCUT2D eigenvalue weighted by molar-refractivity contribution is 0.253. The van der Waals surface area contributed by atoms with E-state index in [0.717, 1.165) is 10.2 Å². The molecule has 8 heteroatoms. The van der Waals surface area contributed by atoms with Crippen LogP contribution in [0.4, 0.5) is 0 Å². The summed E-state index contributed by atoms with van der Waals surface area (Å²) in [4.78, 5) is 0.320. The molecule has 18 heavy (non-hydrogen) atoms. The van der Waals surface area contributed by atoms with Gasteiger partial charge in [-0.25, -0.2) is 8.42 Å². The van der Waals surface area contributed by atoms with Crippen molar-refractivity contribution in [3.05, 3.63) is 13.6 Å². The van der Waals surface area contributed by atoms with Gasteiger partial charge >= 0.3 is 0 Å². The number of sulfonamides is 1. The Bertz CT molecular complexity index is 544. The van der Waals surface area contributed by atoms with Crippen molar-refractivity contribution in [2.45, 2.75) is 24.3 Å². The van der Waals surface area contributed by atoms with Gasteiger partial charge in [0.15, 0.2) is 0 Å².